The third kappa shape index (κ3) is 12.4. The Labute approximate surface area is 378 Å². The SMILES string of the molecule is COc1ccc(CC(=O)NCc2ccc(N(C)C(=O)CCN3CCC(OC(=O)Nc4ccccc4-c4ccccc4)CC3)cc2)cc1CCNC[C@H](O)c1ccc(O)c2[nH]c(=O)ccc12. The molecule has 338 valence electrons. The number of fused-ring (bicyclic) bond motifs is 1. The number of likely N-dealkylation sites (tertiary alicyclic amines) is 1. The molecule has 14 nitrogen and oxygen atoms in total. The molecule has 1 aliphatic heterocycles. The molecule has 6 aromatic rings. The van der Waals surface area contributed by atoms with Crippen LogP contribution in [0, 0.1) is 0 Å². The van der Waals surface area contributed by atoms with Gasteiger partial charge in [-0.3, -0.25) is 19.7 Å². The number of hydrogen-bond acceptors (Lipinski definition) is 10. The van der Waals surface area contributed by atoms with Crippen LogP contribution in [0.25, 0.3) is 22.0 Å². The van der Waals surface area contributed by atoms with E-state index in [1.807, 2.05) is 97.1 Å². The van der Waals surface area contributed by atoms with Gasteiger partial charge in [-0.25, -0.2) is 4.79 Å². The van der Waals surface area contributed by atoms with Crippen molar-refractivity contribution in [1.82, 2.24) is 20.5 Å². The van der Waals surface area contributed by atoms with Gasteiger partial charge in [-0.1, -0.05) is 78.9 Å². The summed E-state index contributed by atoms with van der Waals surface area (Å²) in [6.07, 6.45) is 0.951. The second kappa shape index (κ2) is 22.1. The topological polar surface area (TPSA) is 186 Å². The number of phenols is 1. The van der Waals surface area contributed by atoms with Crippen molar-refractivity contribution in [3.8, 4) is 22.6 Å². The van der Waals surface area contributed by atoms with Crippen molar-refractivity contribution in [3.63, 3.8) is 0 Å². The Morgan fingerprint density at radius 2 is 1.63 bits per heavy atom. The van der Waals surface area contributed by atoms with E-state index >= 15 is 0 Å². The number of H-pyrrole nitrogens is 1. The van der Waals surface area contributed by atoms with Crippen LogP contribution < -0.4 is 31.1 Å². The Kier molecular flexibility index (Phi) is 15.6. The molecule has 0 aliphatic carbocycles. The predicted octanol–water partition coefficient (Wildman–Crippen LogP) is 6.70. The maximum absolute atomic E-state index is 13.2. The van der Waals surface area contributed by atoms with E-state index in [2.05, 4.69) is 25.8 Å². The number of amides is 3. The van der Waals surface area contributed by atoms with Gasteiger partial charge in [-0.2, -0.15) is 0 Å². The number of aromatic nitrogens is 1. The summed E-state index contributed by atoms with van der Waals surface area (Å²) >= 11 is 0. The molecule has 0 spiro atoms. The number of carbonyl (C=O) groups excluding carboxylic acids is 3. The van der Waals surface area contributed by atoms with Crippen molar-refractivity contribution in [3.05, 3.63) is 154 Å². The number of methoxy groups -OCH3 is 1. The Bertz CT molecular complexity index is 2630. The second-order valence-electron chi connectivity index (χ2n) is 16.2. The van der Waals surface area contributed by atoms with Crippen LogP contribution >= 0.6 is 0 Å². The number of rotatable bonds is 18. The number of anilines is 2. The summed E-state index contributed by atoms with van der Waals surface area (Å²) in [6, 6.07) is 36.8. The molecule has 7 rings (SSSR count). The van der Waals surface area contributed by atoms with Gasteiger partial charge in [-0.05, 0) is 90.0 Å². The lowest BCUT2D eigenvalue weighted by Crippen LogP contribution is -2.40. The number of carbonyl (C=O) groups is 3. The van der Waals surface area contributed by atoms with Gasteiger partial charge in [0.05, 0.1) is 30.8 Å². The van der Waals surface area contributed by atoms with Crippen molar-refractivity contribution in [2.75, 3.05) is 57.1 Å². The van der Waals surface area contributed by atoms with Crippen LogP contribution in [0.3, 0.4) is 0 Å². The number of aliphatic hydroxyl groups is 1. The number of nitrogens with one attached hydrogen (secondary N) is 4. The summed E-state index contributed by atoms with van der Waals surface area (Å²) in [7, 11) is 3.36. The van der Waals surface area contributed by atoms with Gasteiger partial charge in [0, 0.05) is 68.9 Å². The van der Waals surface area contributed by atoms with E-state index in [9.17, 15) is 29.4 Å². The largest absolute Gasteiger partial charge is 0.506 e. The monoisotopic (exact) mass is 880 g/mol. The van der Waals surface area contributed by atoms with Gasteiger partial charge >= 0.3 is 6.09 Å². The van der Waals surface area contributed by atoms with Crippen LogP contribution in [0.4, 0.5) is 16.2 Å². The molecule has 65 heavy (non-hydrogen) atoms. The van der Waals surface area contributed by atoms with E-state index in [0.29, 0.717) is 67.7 Å². The fourth-order valence-electron chi connectivity index (χ4n) is 8.11. The quantitative estimate of drug-likeness (QED) is 0.0508. The van der Waals surface area contributed by atoms with Crippen LogP contribution in [0.2, 0.25) is 0 Å². The molecular weight excluding hydrogens is 825 g/mol. The van der Waals surface area contributed by atoms with Crippen molar-refractivity contribution in [2.24, 2.45) is 0 Å². The smallest absolute Gasteiger partial charge is 0.411 e. The van der Waals surface area contributed by atoms with E-state index in [0.717, 1.165) is 46.6 Å². The summed E-state index contributed by atoms with van der Waals surface area (Å²) in [5, 5.41) is 30.8. The van der Waals surface area contributed by atoms with Gasteiger partial charge in [0.1, 0.15) is 17.6 Å². The molecule has 14 heteroatoms. The second-order valence-corrected chi connectivity index (χ2v) is 16.2. The zero-order valence-electron chi connectivity index (χ0n) is 36.7. The molecule has 6 N–H and O–H groups in total. The predicted molar refractivity (Wildman–Crippen MR) is 252 cm³/mol. The molecule has 0 radical (unpaired) electrons. The van der Waals surface area contributed by atoms with Crippen LogP contribution in [0.5, 0.6) is 11.5 Å². The van der Waals surface area contributed by atoms with Crippen molar-refractivity contribution >= 4 is 40.2 Å². The number of benzene rings is 5. The van der Waals surface area contributed by atoms with Crippen LogP contribution in [-0.2, 0) is 33.7 Å². The molecule has 0 bridgehead atoms. The molecule has 5 aromatic carbocycles. The minimum Gasteiger partial charge on any atom is -0.506 e. The zero-order chi connectivity index (χ0) is 45.7. The first kappa shape index (κ1) is 46.0. The first-order valence-electron chi connectivity index (χ1n) is 21.9. The molecule has 3 amide bonds. The van der Waals surface area contributed by atoms with Crippen LogP contribution in [0.15, 0.2) is 126 Å². The summed E-state index contributed by atoms with van der Waals surface area (Å²) in [5.41, 5.74) is 6.57. The number of para-hydroxylation sites is 1. The Morgan fingerprint density at radius 3 is 2.40 bits per heavy atom. The highest BCUT2D eigenvalue weighted by Gasteiger charge is 2.24. The number of piperidine rings is 1. The fourth-order valence-corrected chi connectivity index (χ4v) is 8.11. The van der Waals surface area contributed by atoms with Gasteiger partial charge in [0.15, 0.2) is 0 Å². The standard InChI is InChI=1S/C51H56N6O8/c1-56(49(62)25-29-57-27-23-39(24-28-57)65-51(63)54-43-11-7-6-10-40(43)36-8-4-3-5-9-36)38-15-12-34(13-16-38)32-53-48(61)31-35-14-20-46(64-2)37(30-35)22-26-52-33-45(59)41-17-19-44(58)50-42(41)18-21-47(60)55-50/h3-21,30,39,45,52,58-59H,22-29,31-33H2,1-2H3,(H,53,61)(H,54,63)(H,55,60)/t45-/m0/s1. The number of hydrogen-bond donors (Lipinski definition) is 6. The minimum absolute atomic E-state index is 0.00417. The maximum atomic E-state index is 13.2. The van der Waals surface area contributed by atoms with Crippen LogP contribution in [-0.4, -0.2) is 91.0 Å². The first-order valence-corrected chi connectivity index (χ1v) is 21.9. The number of phenolic OH excluding ortho intramolecular Hbond substituents is 1. The Hall–Kier alpha value is -7.00. The highest BCUT2D eigenvalue weighted by atomic mass is 16.6. The lowest BCUT2D eigenvalue weighted by Gasteiger charge is -2.31. The van der Waals surface area contributed by atoms with Crippen molar-refractivity contribution in [2.45, 2.75) is 50.9 Å². The number of ether oxygens (including phenoxy) is 2. The summed E-state index contributed by atoms with van der Waals surface area (Å²) in [5.74, 6) is 0.495. The average molecular weight is 881 g/mol. The van der Waals surface area contributed by atoms with Gasteiger partial charge in [-0.15, -0.1) is 0 Å². The van der Waals surface area contributed by atoms with Gasteiger partial charge < -0.3 is 45.1 Å². The molecule has 1 atom stereocenters. The lowest BCUT2D eigenvalue weighted by atomic mass is 10.0. The highest BCUT2D eigenvalue weighted by Crippen LogP contribution is 2.30. The molecular formula is C51H56N6O8. The normalized spacial score (nSPS) is 13.5. The molecule has 1 saturated heterocycles. The number of nitrogens with zero attached hydrogens (tertiary/aromatic N) is 2. The van der Waals surface area contributed by atoms with Gasteiger partial charge in [0.2, 0.25) is 17.4 Å². The van der Waals surface area contributed by atoms with Gasteiger partial charge in [0.25, 0.3) is 0 Å². The first-order chi connectivity index (χ1) is 31.5. The Balaban J connectivity index is 0.801. The molecule has 0 saturated carbocycles. The number of aromatic hydroxyl groups is 1. The van der Waals surface area contributed by atoms with Crippen LogP contribution in [0.1, 0.15) is 47.6 Å². The highest BCUT2D eigenvalue weighted by molar-refractivity contribution is 5.93. The molecule has 0 unspecified atom stereocenters. The number of pyridine rings is 1. The van der Waals surface area contributed by atoms with E-state index < -0.39 is 12.2 Å². The average Bonchev–Trinajstić information content (AvgIpc) is 3.32. The summed E-state index contributed by atoms with van der Waals surface area (Å²) < 4.78 is 11.4. The van der Waals surface area contributed by atoms with E-state index in [-0.39, 0.29) is 47.7 Å². The molecule has 2 heterocycles. The van der Waals surface area contributed by atoms with Crippen molar-refractivity contribution in [1.29, 1.82) is 0 Å². The third-order valence-electron chi connectivity index (χ3n) is 11.8. The molecule has 1 fully saturated rings. The fraction of sp³-hybridized carbons (Fsp3) is 0.294. The summed E-state index contributed by atoms with van der Waals surface area (Å²) in [6.45, 7) is 3.17. The van der Waals surface area contributed by atoms with E-state index in [1.54, 1.807) is 31.2 Å². The van der Waals surface area contributed by atoms with E-state index in [4.69, 9.17) is 9.47 Å². The maximum Gasteiger partial charge on any atom is 0.411 e. The zero-order valence-corrected chi connectivity index (χ0v) is 36.7. The van der Waals surface area contributed by atoms with E-state index in [1.165, 1.54) is 12.1 Å². The van der Waals surface area contributed by atoms with Crippen molar-refractivity contribution < 1.29 is 34.1 Å². The summed E-state index contributed by atoms with van der Waals surface area (Å²) in [4.78, 5) is 57.3. The number of aliphatic hydroxyl groups excluding tert-OH is 1. The molecule has 1 aliphatic rings. The molecule has 1 aromatic heterocycles. The Morgan fingerprint density at radius 1 is 0.892 bits per heavy atom. The third-order valence-corrected chi connectivity index (χ3v) is 11.8. The lowest BCUT2D eigenvalue weighted by molar-refractivity contribution is -0.120. The minimum atomic E-state index is -0.882. The number of aromatic amines is 1.